The number of hydrogen-bond donors (Lipinski definition) is 1. The largest absolute Gasteiger partial charge is 0.481 e. The van der Waals surface area contributed by atoms with Gasteiger partial charge in [0.15, 0.2) is 0 Å². The first-order valence-corrected chi connectivity index (χ1v) is 9.15. The van der Waals surface area contributed by atoms with Crippen LogP contribution < -0.4 is 0 Å². The lowest BCUT2D eigenvalue weighted by molar-refractivity contribution is -0.146. The summed E-state index contributed by atoms with van der Waals surface area (Å²) in [4.78, 5) is 26.2. The van der Waals surface area contributed by atoms with Gasteiger partial charge in [-0.05, 0) is 63.1 Å². The van der Waals surface area contributed by atoms with Crippen molar-refractivity contribution in [2.24, 2.45) is 11.8 Å². The monoisotopic (exact) mass is 349 g/mol. The van der Waals surface area contributed by atoms with Gasteiger partial charge in [0.05, 0.1) is 12.0 Å². The van der Waals surface area contributed by atoms with Gasteiger partial charge in [-0.1, -0.05) is 23.7 Å². The van der Waals surface area contributed by atoms with E-state index >= 15 is 0 Å². The summed E-state index contributed by atoms with van der Waals surface area (Å²) in [6, 6.07) is 8.05. The van der Waals surface area contributed by atoms with Gasteiger partial charge in [-0.15, -0.1) is 0 Å². The van der Waals surface area contributed by atoms with Gasteiger partial charge in [0, 0.05) is 17.0 Å². The van der Waals surface area contributed by atoms with E-state index in [2.05, 4.69) is 6.92 Å². The van der Waals surface area contributed by atoms with Crippen molar-refractivity contribution in [1.29, 1.82) is 0 Å². The average molecular weight is 350 g/mol. The maximum absolute atomic E-state index is 13.1. The SMILES string of the molecule is CC(c1ccc(Cl)cc1)N(C(=O)C1CCC(C(=O)O)CC1)C1CC1. The molecular formula is C19H24ClNO3. The summed E-state index contributed by atoms with van der Waals surface area (Å²) in [5.74, 6) is -0.841. The zero-order chi connectivity index (χ0) is 17.3. The van der Waals surface area contributed by atoms with Crippen molar-refractivity contribution in [3.63, 3.8) is 0 Å². The van der Waals surface area contributed by atoms with Crippen LogP contribution in [0.2, 0.25) is 5.02 Å². The predicted molar refractivity (Wildman–Crippen MR) is 92.8 cm³/mol. The lowest BCUT2D eigenvalue weighted by Gasteiger charge is -2.35. The van der Waals surface area contributed by atoms with E-state index in [-0.39, 0.29) is 23.8 Å². The van der Waals surface area contributed by atoms with Gasteiger partial charge in [0.2, 0.25) is 5.91 Å². The van der Waals surface area contributed by atoms with Crippen molar-refractivity contribution in [2.75, 3.05) is 0 Å². The summed E-state index contributed by atoms with van der Waals surface area (Å²) in [5.41, 5.74) is 1.10. The van der Waals surface area contributed by atoms with E-state index in [1.54, 1.807) is 0 Å². The Balaban J connectivity index is 1.70. The quantitative estimate of drug-likeness (QED) is 0.863. The van der Waals surface area contributed by atoms with Gasteiger partial charge in [-0.2, -0.15) is 0 Å². The third kappa shape index (κ3) is 3.75. The van der Waals surface area contributed by atoms with Crippen molar-refractivity contribution < 1.29 is 14.7 Å². The maximum atomic E-state index is 13.1. The smallest absolute Gasteiger partial charge is 0.306 e. The fourth-order valence-electron chi connectivity index (χ4n) is 3.74. The highest BCUT2D eigenvalue weighted by Crippen LogP contribution is 2.39. The molecule has 1 amide bonds. The minimum Gasteiger partial charge on any atom is -0.481 e. The van der Waals surface area contributed by atoms with E-state index in [0.717, 1.165) is 18.4 Å². The standard InChI is InChI=1S/C19H24ClNO3/c1-12(13-6-8-16(20)9-7-13)21(17-10-11-17)18(22)14-2-4-15(5-3-14)19(23)24/h6-9,12,14-15,17H,2-5,10-11H2,1H3,(H,23,24). The lowest BCUT2D eigenvalue weighted by atomic mass is 9.81. The third-order valence-electron chi connectivity index (χ3n) is 5.39. The molecule has 1 atom stereocenters. The van der Waals surface area contributed by atoms with Gasteiger partial charge in [0.1, 0.15) is 0 Å². The molecule has 1 N–H and O–H groups in total. The van der Waals surface area contributed by atoms with Gasteiger partial charge in [-0.25, -0.2) is 0 Å². The number of aliphatic carboxylic acids is 1. The second-order valence-corrected chi connectivity index (χ2v) is 7.53. The minimum atomic E-state index is -0.727. The molecule has 3 rings (SSSR count). The summed E-state index contributed by atoms with van der Waals surface area (Å²) in [5, 5.41) is 9.82. The molecular weight excluding hydrogens is 326 g/mol. The summed E-state index contributed by atoms with van der Waals surface area (Å²) in [7, 11) is 0. The first-order valence-electron chi connectivity index (χ1n) is 8.78. The normalized spacial score (nSPS) is 25.1. The van der Waals surface area contributed by atoms with E-state index in [4.69, 9.17) is 16.7 Å². The topological polar surface area (TPSA) is 57.6 Å². The molecule has 0 aromatic heterocycles. The Morgan fingerprint density at radius 1 is 1.04 bits per heavy atom. The first-order chi connectivity index (χ1) is 11.5. The Hall–Kier alpha value is -1.55. The van der Waals surface area contributed by atoms with Gasteiger partial charge in [-0.3, -0.25) is 9.59 Å². The van der Waals surface area contributed by atoms with Crippen LogP contribution in [0.3, 0.4) is 0 Å². The van der Waals surface area contributed by atoms with Crippen molar-refractivity contribution in [1.82, 2.24) is 4.90 Å². The molecule has 0 bridgehead atoms. The van der Waals surface area contributed by atoms with Crippen molar-refractivity contribution in [3.05, 3.63) is 34.9 Å². The number of carboxylic acid groups (broad SMARTS) is 1. The van der Waals surface area contributed by atoms with Crippen molar-refractivity contribution >= 4 is 23.5 Å². The predicted octanol–water partition coefficient (Wildman–Crippen LogP) is 4.28. The van der Waals surface area contributed by atoms with E-state index < -0.39 is 5.97 Å². The number of rotatable bonds is 5. The molecule has 0 radical (unpaired) electrons. The molecule has 2 fully saturated rings. The van der Waals surface area contributed by atoms with Crippen LogP contribution in [0.1, 0.15) is 57.1 Å². The van der Waals surface area contributed by atoms with E-state index in [0.29, 0.717) is 36.7 Å². The molecule has 0 aliphatic heterocycles. The summed E-state index contributed by atoms with van der Waals surface area (Å²) in [6.07, 6.45) is 4.72. The summed E-state index contributed by atoms with van der Waals surface area (Å²) < 4.78 is 0. The maximum Gasteiger partial charge on any atom is 0.306 e. The Bertz CT molecular complexity index is 604. The summed E-state index contributed by atoms with van der Waals surface area (Å²) >= 11 is 5.97. The number of amides is 1. The Morgan fingerprint density at radius 3 is 2.08 bits per heavy atom. The fraction of sp³-hybridized carbons (Fsp3) is 0.579. The number of carboxylic acids is 1. The number of carbonyl (C=O) groups is 2. The van der Waals surface area contributed by atoms with E-state index in [9.17, 15) is 9.59 Å². The molecule has 24 heavy (non-hydrogen) atoms. The van der Waals surface area contributed by atoms with Crippen LogP contribution in [0.5, 0.6) is 0 Å². The Labute approximate surface area is 147 Å². The molecule has 5 heteroatoms. The second kappa shape index (κ2) is 7.14. The zero-order valence-electron chi connectivity index (χ0n) is 14.0. The van der Waals surface area contributed by atoms with Gasteiger partial charge in [0.25, 0.3) is 0 Å². The minimum absolute atomic E-state index is 0.0273. The molecule has 2 saturated carbocycles. The molecule has 0 saturated heterocycles. The van der Waals surface area contributed by atoms with Crippen LogP contribution in [0.4, 0.5) is 0 Å². The van der Waals surface area contributed by atoms with Crippen LogP contribution in [0, 0.1) is 11.8 Å². The highest BCUT2D eigenvalue weighted by Gasteiger charge is 2.40. The number of hydrogen-bond acceptors (Lipinski definition) is 2. The zero-order valence-corrected chi connectivity index (χ0v) is 14.7. The molecule has 4 nitrogen and oxygen atoms in total. The number of nitrogens with zero attached hydrogens (tertiary/aromatic N) is 1. The van der Waals surface area contributed by atoms with Crippen LogP contribution in [-0.4, -0.2) is 27.9 Å². The number of benzene rings is 1. The molecule has 1 aromatic rings. The number of halogens is 1. The molecule has 1 unspecified atom stereocenters. The van der Waals surface area contributed by atoms with Crippen molar-refractivity contribution in [3.8, 4) is 0 Å². The molecule has 2 aliphatic carbocycles. The van der Waals surface area contributed by atoms with Gasteiger partial charge < -0.3 is 10.0 Å². The Morgan fingerprint density at radius 2 is 1.58 bits per heavy atom. The Kier molecular flexibility index (Phi) is 5.14. The highest BCUT2D eigenvalue weighted by molar-refractivity contribution is 6.30. The van der Waals surface area contributed by atoms with Crippen LogP contribution in [0.15, 0.2) is 24.3 Å². The highest BCUT2D eigenvalue weighted by atomic mass is 35.5. The van der Waals surface area contributed by atoms with Crippen LogP contribution >= 0.6 is 11.6 Å². The second-order valence-electron chi connectivity index (χ2n) is 7.09. The molecule has 2 aliphatic rings. The van der Waals surface area contributed by atoms with E-state index in [1.165, 1.54) is 0 Å². The van der Waals surface area contributed by atoms with Gasteiger partial charge >= 0.3 is 5.97 Å². The first kappa shape index (κ1) is 17.3. The summed E-state index contributed by atoms with van der Waals surface area (Å²) in [6.45, 7) is 2.07. The molecule has 130 valence electrons. The van der Waals surface area contributed by atoms with Crippen molar-refractivity contribution in [2.45, 2.75) is 57.5 Å². The van der Waals surface area contributed by atoms with Crippen LogP contribution in [0.25, 0.3) is 0 Å². The van der Waals surface area contributed by atoms with Crippen LogP contribution in [-0.2, 0) is 9.59 Å². The molecule has 0 heterocycles. The lowest BCUT2D eigenvalue weighted by Crippen LogP contribution is -2.41. The fourth-order valence-corrected chi connectivity index (χ4v) is 3.87. The van der Waals surface area contributed by atoms with E-state index in [1.807, 2.05) is 29.2 Å². The third-order valence-corrected chi connectivity index (χ3v) is 5.64. The molecule has 0 spiro atoms. The number of carbonyl (C=O) groups excluding carboxylic acids is 1. The average Bonchev–Trinajstić information content (AvgIpc) is 3.40. The molecule has 1 aromatic carbocycles.